The van der Waals surface area contributed by atoms with Crippen molar-refractivity contribution in [3.8, 4) is 11.8 Å². The molecule has 3 heterocycles. The summed E-state index contributed by atoms with van der Waals surface area (Å²) >= 11 is 0. The highest BCUT2D eigenvalue weighted by Crippen LogP contribution is 2.39. The van der Waals surface area contributed by atoms with Gasteiger partial charge in [-0.3, -0.25) is 0 Å². The van der Waals surface area contributed by atoms with Gasteiger partial charge in [-0.2, -0.15) is 18.4 Å². The van der Waals surface area contributed by atoms with Crippen LogP contribution in [0.2, 0.25) is 0 Å². The molecule has 6 nitrogen and oxygen atoms in total. The van der Waals surface area contributed by atoms with E-state index < -0.39 is 12.7 Å². The van der Waals surface area contributed by atoms with Crippen molar-refractivity contribution in [3.05, 3.63) is 47.5 Å². The Balaban J connectivity index is 1.81. The lowest BCUT2D eigenvalue weighted by Crippen LogP contribution is -2.17. The van der Waals surface area contributed by atoms with E-state index in [0.29, 0.717) is 40.0 Å². The van der Waals surface area contributed by atoms with E-state index in [1.165, 1.54) is 24.2 Å². The molecular formula is C18H14F3N5O. The number of anilines is 1. The van der Waals surface area contributed by atoms with Crippen molar-refractivity contribution in [2.75, 3.05) is 12.4 Å². The van der Waals surface area contributed by atoms with Crippen LogP contribution in [0.25, 0.3) is 10.9 Å². The lowest BCUT2D eigenvalue weighted by molar-refractivity contribution is -0.139. The SMILES string of the molecule is COc1ccc2c(c1)c(C1Cc3c(C#N)ncnc3N1)cn2CC(F)(F)F. The van der Waals surface area contributed by atoms with Crippen molar-refractivity contribution >= 4 is 16.7 Å². The minimum absolute atomic E-state index is 0.270. The van der Waals surface area contributed by atoms with Gasteiger partial charge in [0.25, 0.3) is 0 Å². The predicted molar refractivity (Wildman–Crippen MR) is 91.4 cm³/mol. The summed E-state index contributed by atoms with van der Waals surface area (Å²) in [7, 11) is 1.51. The number of nitrogens with zero attached hydrogens (tertiary/aromatic N) is 4. The Morgan fingerprint density at radius 3 is 2.89 bits per heavy atom. The maximum Gasteiger partial charge on any atom is 0.406 e. The zero-order valence-corrected chi connectivity index (χ0v) is 14.2. The third-order valence-corrected chi connectivity index (χ3v) is 4.61. The lowest BCUT2D eigenvalue weighted by Gasteiger charge is -2.10. The van der Waals surface area contributed by atoms with Gasteiger partial charge < -0.3 is 14.6 Å². The fourth-order valence-electron chi connectivity index (χ4n) is 3.47. The van der Waals surface area contributed by atoms with Crippen molar-refractivity contribution in [1.82, 2.24) is 14.5 Å². The molecule has 3 aromatic rings. The smallest absolute Gasteiger partial charge is 0.406 e. The Morgan fingerprint density at radius 1 is 1.37 bits per heavy atom. The van der Waals surface area contributed by atoms with Crippen LogP contribution in [0.3, 0.4) is 0 Å². The zero-order chi connectivity index (χ0) is 19.2. The molecule has 0 bridgehead atoms. The molecule has 1 N–H and O–H groups in total. The molecule has 4 rings (SSSR count). The van der Waals surface area contributed by atoms with Crippen molar-refractivity contribution < 1.29 is 17.9 Å². The first-order valence-electron chi connectivity index (χ1n) is 8.13. The number of nitriles is 1. The molecule has 2 aromatic heterocycles. The third kappa shape index (κ3) is 3.03. The largest absolute Gasteiger partial charge is 0.497 e. The first kappa shape index (κ1) is 17.1. The van der Waals surface area contributed by atoms with E-state index in [4.69, 9.17) is 4.74 Å². The average molecular weight is 373 g/mol. The van der Waals surface area contributed by atoms with E-state index in [0.717, 1.165) is 0 Å². The van der Waals surface area contributed by atoms with Gasteiger partial charge in [-0.25, -0.2) is 9.97 Å². The fourth-order valence-corrected chi connectivity index (χ4v) is 3.47. The number of benzene rings is 1. The van der Waals surface area contributed by atoms with E-state index in [9.17, 15) is 18.4 Å². The second-order valence-corrected chi connectivity index (χ2v) is 6.27. The molecule has 0 spiro atoms. The zero-order valence-electron chi connectivity index (χ0n) is 14.2. The van der Waals surface area contributed by atoms with Crippen LogP contribution in [0.1, 0.15) is 22.9 Å². The molecule has 1 aliphatic rings. The number of hydrogen-bond donors (Lipinski definition) is 1. The quantitative estimate of drug-likeness (QED) is 0.759. The number of nitrogens with one attached hydrogen (secondary N) is 1. The van der Waals surface area contributed by atoms with Crippen LogP contribution in [0.5, 0.6) is 5.75 Å². The van der Waals surface area contributed by atoms with E-state index in [2.05, 4.69) is 15.3 Å². The summed E-state index contributed by atoms with van der Waals surface area (Å²) in [5, 5.41) is 13.1. The van der Waals surface area contributed by atoms with E-state index >= 15 is 0 Å². The molecule has 0 fully saturated rings. The molecule has 1 unspecified atom stereocenters. The standard InChI is InChI=1S/C18H14F3N5O/c1-27-10-2-3-16-11(4-10)13(7-26(16)8-18(19,20)21)14-5-12-15(6-22)23-9-24-17(12)25-14/h2-4,7,9,14H,5,8H2,1H3,(H,23,24,25). The molecule has 1 aliphatic heterocycles. The summed E-state index contributed by atoms with van der Waals surface area (Å²) in [5.74, 6) is 1.09. The average Bonchev–Trinajstić information content (AvgIpc) is 3.21. The van der Waals surface area contributed by atoms with E-state index in [1.54, 1.807) is 18.2 Å². The van der Waals surface area contributed by atoms with E-state index in [1.807, 2.05) is 6.07 Å². The second-order valence-electron chi connectivity index (χ2n) is 6.27. The van der Waals surface area contributed by atoms with Crippen molar-refractivity contribution in [3.63, 3.8) is 0 Å². The van der Waals surface area contributed by atoms with Gasteiger partial charge in [-0.05, 0) is 18.2 Å². The Labute approximate surface area is 152 Å². The number of ether oxygens (including phenoxy) is 1. The van der Waals surface area contributed by atoms with Crippen LogP contribution >= 0.6 is 0 Å². The highest BCUT2D eigenvalue weighted by molar-refractivity contribution is 5.86. The number of aromatic nitrogens is 3. The van der Waals surface area contributed by atoms with Crippen LogP contribution in [0, 0.1) is 11.3 Å². The Hall–Kier alpha value is -3.28. The highest BCUT2D eigenvalue weighted by atomic mass is 19.4. The summed E-state index contributed by atoms with van der Waals surface area (Å²) in [4.78, 5) is 8.09. The lowest BCUT2D eigenvalue weighted by atomic mass is 10.0. The summed E-state index contributed by atoms with van der Waals surface area (Å²) < 4.78 is 45.4. The van der Waals surface area contributed by atoms with Gasteiger partial charge in [0.1, 0.15) is 36.2 Å². The monoisotopic (exact) mass is 373 g/mol. The molecule has 0 saturated heterocycles. The molecular weight excluding hydrogens is 359 g/mol. The molecule has 138 valence electrons. The summed E-state index contributed by atoms with van der Waals surface area (Å²) in [6.45, 7) is -1.08. The molecule has 9 heteroatoms. The number of halogens is 3. The Bertz CT molecular complexity index is 1070. The molecule has 27 heavy (non-hydrogen) atoms. The molecule has 0 radical (unpaired) electrons. The van der Waals surface area contributed by atoms with Crippen LogP contribution in [0.4, 0.5) is 19.0 Å². The van der Waals surface area contributed by atoms with Gasteiger partial charge in [0.15, 0.2) is 0 Å². The predicted octanol–water partition coefficient (Wildman–Crippen LogP) is 3.58. The van der Waals surface area contributed by atoms with Gasteiger partial charge >= 0.3 is 6.18 Å². The molecule has 0 amide bonds. The van der Waals surface area contributed by atoms with Crippen molar-refractivity contribution in [2.45, 2.75) is 25.2 Å². The van der Waals surface area contributed by atoms with Crippen LogP contribution in [-0.4, -0.2) is 27.8 Å². The Kier molecular flexibility index (Phi) is 3.91. The maximum atomic E-state index is 13.0. The normalized spacial score (nSPS) is 16.0. The second kappa shape index (κ2) is 6.16. The van der Waals surface area contributed by atoms with Crippen molar-refractivity contribution in [1.29, 1.82) is 5.26 Å². The number of methoxy groups -OCH3 is 1. The van der Waals surface area contributed by atoms with Gasteiger partial charge in [0, 0.05) is 34.6 Å². The summed E-state index contributed by atoms with van der Waals surface area (Å²) in [5.41, 5.74) is 2.10. The molecule has 1 aromatic carbocycles. The topological polar surface area (TPSA) is 75.8 Å². The van der Waals surface area contributed by atoms with Crippen molar-refractivity contribution in [2.24, 2.45) is 0 Å². The Morgan fingerprint density at radius 2 is 2.19 bits per heavy atom. The summed E-state index contributed by atoms with van der Waals surface area (Å²) in [6.07, 6.45) is -1.13. The maximum absolute atomic E-state index is 13.0. The minimum atomic E-state index is -4.34. The number of rotatable bonds is 3. The molecule has 1 atom stereocenters. The number of alkyl halides is 3. The van der Waals surface area contributed by atoms with Crippen LogP contribution in [0.15, 0.2) is 30.7 Å². The first-order chi connectivity index (χ1) is 12.9. The molecule has 0 saturated carbocycles. The number of fused-ring (bicyclic) bond motifs is 2. The third-order valence-electron chi connectivity index (χ3n) is 4.61. The first-order valence-corrected chi connectivity index (χ1v) is 8.13. The fraction of sp³-hybridized carbons (Fsp3) is 0.278. The van der Waals surface area contributed by atoms with E-state index in [-0.39, 0.29) is 11.7 Å². The van der Waals surface area contributed by atoms with Gasteiger partial charge in [-0.1, -0.05) is 0 Å². The van der Waals surface area contributed by atoms with Gasteiger partial charge in [-0.15, -0.1) is 0 Å². The number of hydrogen-bond acceptors (Lipinski definition) is 5. The highest BCUT2D eigenvalue weighted by Gasteiger charge is 2.32. The molecule has 0 aliphatic carbocycles. The van der Waals surface area contributed by atoms with Gasteiger partial charge in [0.2, 0.25) is 0 Å². The van der Waals surface area contributed by atoms with Gasteiger partial charge in [0.05, 0.1) is 13.2 Å². The minimum Gasteiger partial charge on any atom is -0.497 e. The summed E-state index contributed by atoms with van der Waals surface area (Å²) in [6, 6.07) is 6.69. The van der Waals surface area contributed by atoms with Crippen LogP contribution < -0.4 is 10.1 Å². The van der Waals surface area contributed by atoms with Crippen LogP contribution in [-0.2, 0) is 13.0 Å².